The summed E-state index contributed by atoms with van der Waals surface area (Å²) in [5, 5.41) is 9.76. The molecule has 1 atom stereocenters. The molecule has 3 N–H and O–H groups in total. The molecule has 1 rings (SSSR count). The van der Waals surface area contributed by atoms with E-state index in [1.165, 1.54) is 12.8 Å². The largest absolute Gasteiger partial charge is 0.393 e. The highest BCUT2D eigenvalue weighted by Crippen LogP contribution is 2.10. The first-order chi connectivity index (χ1) is 7.22. The van der Waals surface area contributed by atoms with E-state index in [1.54, 1.807) is 6.20 Å². The number of pyridine rings is 1. The molecular weight excluding hydrogens is 188 g/mol. The van der Waals surface area contributed by atoms with Crippen molar-refractivity contribution >= 4 is 5.82 Å². The van der Waals surface area contributed by atoms with E-state index in [2.05, 4.69) is 11.9 Å². The molecule has 0 aliphatic carbocycles. The van der Waals surface area contributed by atoms with E-state index in [1.807, 2.05) is 12.1 Å². The summed E-state index contributed by atoms with van der Waals surface area (Å²) < 4.78 is 0. The van der Waals surface area contributed by atoms with Gasteiger partial charge < -0.3 is 10.8 Å². The van der Waals surface area contributed by atoms with Crippen molar-refractivity contribution in [2.75, 3.05) is 5.73 Å². The summed E-state index contributed by atoms with van der Waals surface area (Å²) in [5.74, 6) is 0.522. The summed E-state index contributed by atoms with van der Waals surface area (Å²) in [5.41, 5.74) is 6.62. The minimum absolute atomic E-state index is 0.252. The summed E-state index contributed by atoms with van der Waals surface area (Å²) in [6, 6.07) is 3.72. The highest BCUT2D eigenvalue weighted by Gasteiger charge is 2.05. The van der Waals surface area contributed by atoms with Crippen molar-refractivity contribution in [2.24, 2.45) is 0 Å². The van der Waals surface area contributed by atoms with Crippen LogP contribution in [0.15, 0.2) is 18.3 Å². The zero-order valence-corrected chi connectivity index (χ0v) is 9.32. The predicted molar refractivity (Wildman–Crippen MR) is 62.5 cm³/mol. The van der Waals surface area contributed by atoms with Crippen molar-refractivity contribution in [1.82, 2.24) is 4.98 Å². The van der Waals surface area contributed by atoms with Crippen molar-refractivity contribution in [3.05, 3.63) is 23.9 Å². The monoisotopic (exact) mass is 208 g/mol. The number of aliphatic hydroxyl groups excluding tert-OH is 1. The zero-order chi connectivity index (χ0) is 11.1. The Kier molecular flexibility index (Phi) is 5.12. The summed E-state index contributed by atoms with van der Waals surface area (Å²) in [6.07, 6.45) is 6.46. The summed E-state index contributed by atoms with van der Waals surface area (Å²) >= 11 is 0. The van der Waals surface area contributed by atoms with Crippen molar-refractivity contribution in [3.63, 3.8) is 0 Å². The molecule has 1 unspecified atom stereocenters. The van der Waals surface area contributed by atoms with Crippen LogP contribution in [-0.4, -0.2) is 16.2 Å². The van der Waals surface area contributed by atoms with Gasteiger partial charge in [0.1, 0.15) is 5.82 Å². The molecule has 0 saturated carbocycles. The Hall–Kier alpha value is -1.09. The first-order valence-corrected chi connectivity index (χ1v) is 5.61. The van der Waals surface area contributed by atoms with Gasteiger partial charge in [-0.3, -0.25) is 0 Å². The van der Waals surface area contributed by atoms with Crippen molar-refractivity contribution in [1.29, 1.82) is 0 Å². The van der Waals surface area contributed by atoms with Crippen LogP contribution in [-0.2, 0) is 6.42 Å². The Bertz CT molecular complexity index is 289. The first kappa shape index (κ1) is 12.0. The predicted octanol–water partition coefficient (Wildman–Crippen LogP) is 2.15. The van der Waals surface area contributed by atoms with Gasteiger partial charge in [0.2, 0.25) is 0 Å². The molecule has 0 amide bonds. The van der Waals surface area contributed by atoms with E-state index < -0.39 is 0 Å². The maximum absolute atomic E-state index is 9.76. The Morgan fingerprint density at radius 3 is 2.93 bits per heavy atom. The molecule has 1 aromatic rings. The lowest BCUT2D eigenvalue weighted by molar-refractivity contribution is 0.161. The number of anilines is 1. The average Bonchev–Trinajstić information content (AvgIpc) is 2.18. The molecule has 0 spiro atoms. The molecule has 0 fully saturated rings. The van der Waals surface area contributed by atoms with Crippen LogP contribution in [0.4, 0.5) is 5.82 Å². The number of hydrogen-bond donors (Lipinski definition) is 2. The number of nitrogen functional groups attached to an aromatic ring is 1. The van der Waals surface area contributed by atoms with Crippen LogP contribution in [0, 0.1) is 0 Å². The normalized spacial score (nSPS) is 12.7. The number of hydrogen-bond acceptors (Lipinski definition) is 3. The van der Waals surface area contributed by atoms with Crippen molar-refractivity contribution in [2.45, 2.75) is 45.1 Å². The molecule has 0 aliphatic heterocycles. The molecule has 15 heavy (non-hydrogen) atoms. The second-order valence-electron chi connectivity index (χ2n) is 3.94. The second-order valence-corrected chi connectivity index (χ2v) is 3.94. The Labute approximate surface area is 91.3 Å². The molecular formula is C12H20N2O. The van der Waals surface area contributed by atoms with Gasteiger partial charge in [-0.25, -0.2) is 4.98 Å². The fraction of sp³-hybridized carbons (Fsp3) is 0.583. The van der Waals surface area contributed by atoms with Gasteiger partial charge in [0.15, 0.2) is 0 Å². The molecule has 0 saturated heterocycles. The minimum Gasteiger partial charge on any atom is -0.393 e. The van der Waals surface area contributed by atoms with Crippen molar-refractivity contribution in [3.8, 4) is 0 Å². The quantitative estimate of drug-likeness (QED) is 0.704. The molecule has 84 valence electrons. The van der Waals surface area contributed by atoms with Gasteiger partial charge in [-0.05, 0) is 30.5 Å². The first-order valence-electron chi connectivity index (χ1n) is 5.61. The SMILES string of the molecule is CCCCCC(O)Cc1ccnc(N)c1. The molecule has 3 nitrogen and oxygen atoms in total. The number of nitrogens with zero attached hydrogens (tertiary/aromatic N) is 1. The Morgan fingerprint density at radius 2 is 2.27 bits per heavy atom. The van der Waals surface area contributed by atoms with Crippen LogP contribution in [0.5, 0.6) is 0 Å². The van der Waals surface area contributed by atoms with Crippen LogP contribution in [0.25, 0.3) is 0 Å². The third-order valence-electron chi connectivity index (χ3n) is 2.46. The number of rotatable bonds is 6. The molecule has 0 bridgehead atoms. The van der Waals surface area contributed by atoms with Gasteiger partial charge >= 0.3 is 0 Å². The minimum atomic E-state index is -0.252. The van der Waals surface area contributed by atoms with E-state index >= 15 is 0 Å². The van der Waals surface area contributed by atoms with Gasteiger partial charge in [-0.1, -0.05) is 26.2 Å². The van der Waals surface area contributed by atoms with Gasteiger partial charge in [0.25, 0.3) is 0 Å². The average molecular weight is 208 g/mol. The highest BCUT2D eigenvalue weighted by atomic mass is 16.3. The lowest BCUT2D eigenvalue weighted by Crippen LogP contribution is -2.10. The smallest absolute Gasteiger partial charge is 0.123 e. The molecule has 0 aromatic carbocycles. The maximum atomic E-state index is 9.76. The lowest BCUT2D eigenvalue weighted by Gasteiger charge is -2.10. The van der Waals surface area contributed by atoms with E-state index in [0.717, 1.165) is 18.4 Å². The van der Waals surface area contributed by atoms with Gasteiger partial charge in [0.05, 0.1) is 6.10 Å². The molecule has 0 aliphatic rings. The fourth-order valence-electron chi connectivity index (χ4n) is 1.63. The van der Waals surface area contributed by atoms with E-state index in [4.69, 9.17) is 5.73 Å². The van der Waals surface area contributed by atoms with Crippen LogP contribution in [0.2, 0.25) is 0 Å². The topological polar surface area (TPSA) is 59.1 Å². The molecule has 1 heterocycles. The van der Waals surface area contributed by atoms with Crippen molar-refractivity contribution < 1.29 is 5.11 Å². The van der Waals surface area contributed by atoms with Gasteiger partial charge in [-0.2, -0.15) is 0 Å². The van der Waals surface area contributed by atoms with Crippen LogP contribution < -0.4 is 5.73 Å². The van der Waals surface area contributed by atoms with Gasteiger partial charge in [0, 0.05) is 6.20 Å². The van der Waals surface area contributed by atoms with E-state index in [-0.39, 0.29) is 6.10 Å². The van der Waals surface area contributed by atoms with Gasteiger partial charge in [-0.15, -0.1) is 0 Å². The number of unbranched alkanes of at least 4 members (excludes halogenated alkanes) is 2. The molecule has 0 radical (unpaired) electrons. The summed E-state index contributed by atoms with van der Waals surface area (Å²) in [6.45, 7) is 2.16. The highest BCUT2D eigenvalue weighted by molar-refractivity contribution is 5.31. The fourth-order valence-corrected chi connectivity index (χ4v) is 1.63. The summed E-state index contributed by atoms with van der Waals surface area (Å²) in [4.78, 5) is 3.92. The standard InChI is InChI=1S/C12H20N2O/c1-2-3-4-5-11(15)8-10-6-7-14-12(13)9-10/h6-7,9,11,15H,2-5,8H2,1H3,(H2,13,14). The summed E-state index contributed by atoms with van der Waals surface area (Å²) in [7, 11) is 0. The molecule has 3 heteroatoms. The van der Waals surface area contributed by atoms with Crippen LogP contribution >= 0.6 is 0 Å². The van der Waals surface area contributed by atoms with Crippen LogP contribution in [0.1, 0.15) is 38.2 Å². The molecule has 1 aromatic heterocycles. The Balaban J connectivity index is 2.34. The number of aliphatic hydroxyl groups is 1. The third-order valence-corrected chi connectivity index (χ3v) is 2.46. The number of nitrogens with two attached hydrogens (primary N) is 1. The third kappa shape index (κ3) is 4.79. The lowest BCUT2D eigenvalue weighted by atomic mass is 10.0. The van der Waals surface area contributed by atoms with E-state index in [9.17, 15) is 5.11 Å². The maximum Gasteiger partial charge on any atom is 0.123 e. The van der Waals surface area contributed by atoms with Crippen LogP contribution in [0.3, 0.4) is 0 Å². The second kappa shape index (κ2) is 6.40. The zero-order valence-electron chi connectivity index (χ0n) is 9.32. The number of aromatic nitrogens is 1. The Morgan fingerprint density at radius 1 is 1.47 bits per heavy atom. The van der Waals surface area contributed by atoms with E-state index in [0.29, 0.717) is 12.2 Å².